The number of aryl methyl sites for hydroxylation is 1. The molecule has 0 fully saturated rings. The summed E-state index contributed by atoms with van der Waals surface area (Å²) in [5.74, 6) is -0.835. The molecule has 0 radical (unpaired) electrons. The number of rotatable bonds is 10. The zero-order chi connectivity index (χ0) is 27.9. The molecule has 0 saturated carbocycles. The lowest BCUT2D eigenvalue weighted by Crippen LogP contribution is -2.46. The summed E-state index contributed by atoms with van der Waals surface area (Å²) in [6.45, 7) is 5.63. The fourth-order valence-corrected chi connectivity index (χ4v) is 4.82. The number of nitrogens with one attached hydrogen (secondary N) is 2. The van der Waals surface area contributed by atoms with E-state index in [-0.39, 0.29) is 27.8 Å². The van der Waals surface area contributed by atoms with E-state index in [0.29, 0.717) is 16.3 Å². The van der Waals surface area contributed by atoms with Crippen molar-refractivity contribution in [1.82, 2.24) is 10.1 Å². The lowest BCUT2D eigenvalue weighted by molar-refractivity contribution is -0.123. The second-order valence-electron chi connectivity index (χ2n) is 8.94. The highest BCUT2D eigenvalue weighted by molar-refractivity contribution is 7.89. The molecule has 0 saturated heterocycles. The first-order chi connectivity index (χ1) is 17.9. The Bertz CT molecular complexity index is 1420. The third-order valence-corrected chi connectivity index (χ3v) is 7.51. The number of benzene rings is 3. The van der Waals surface area contributed by atoms with E-state index in [1.165, 1.54) is 36.5 Å². The fraction of sp³-hybridized carbons (Fsp3) is 0.222. The average molecular weight is 577 g/mol. The monoisotopic (exact) mass is 575 g/mol. The Morgan fingerprint density at radius 3 is 2.24 bits per heavy atom. The van der Waals surface area contributed by atoms with Gasteiger partial charge in [-0.2, -0.15) is 9.82 Å². The first kappa shape index (κ1) is 29.3. The standard InChI is InChI=1S/C27H27Cl2N3O5S/c1-17(2)14-25(32-38(35,36)22-11-4-18(3)5-12-22)26(33)31-30-16-19-6-9-21(10-7-19)37-27(34)20-8-13-23(28)24(29)15-20/h4-13,15-17,25,32H,14H2,1-3H3,(H,31,33)/b30-16-/t25-/m1/s1. The van der Waals surface area contributed by atoms with E-state index < -0.39 is 27.9 Å². The Labute approximate surface area is 232 Å². The summed E-state index contributed by atoms with van der Waals surface area (Å²) in [4.78, 5) is 25.1. The van der Waals surface area contributed by atoms with E-state index in [4.69, 9.17) is 27.9 Å². The van der Waals surface area contributed by atoms with Gasteiger partial charge in [-0.15, -0.1) is 0 Å². The molecular formula is C27H27Cl2N3O5S. The summed E-state index contributed by atoms with van der Waals surface area (Å²) < 4.78 is 33.4. The number of amides is 1. The molecule has 11 heteroatoms. The van der Waals surface area contributed by atoms with Gasteiger partial charge in [0.05, 0.1) is 26.7 Å². The van der Waals surface area contributed by atoms with Crippen molar-refractivity contribution in [3.63, 3.8) is 0 Å². The molecule has 1 amide bonds. The Morgan fingerprint density at radius 2 is 1.63 bits per heavy atom. The third-order valence-electron chi connectivity index (χ3n) is 5.29. The van der Waals surface area contributed by atoms with Crippen molar-refractivity contribution in [2.24, 2.45) is 11.0 Å². The summed E-state index contributed by atoms with van der Waals surface area (Å²) in [6, 6.07) is 16.2. The van der Waals surface area contributed by atoms with Crippen molar-refractivity contribution in [3.8, 4) is 5.75 Å². The summed E-state index contributed by atoms with van der Waals surface area (Å²) in [7, 11) is -3.90. The molecule has 0 aliphatic carbocycles. The van der Waals surface area contributed by atoms with Crippen molar-refractivity contribution in [1.29, 1.82) is 0 Å². The largest absolute Gasteiger partial charge is 0.423 e. The van der Waals surface area contributed by atoms with E-state index in [1.54, 1.807) is 36.4 Å². The van der Waals surface area contributed by atoms with Gasteiger partial charge < -0.3 is 4.74 Å². The molecule has 3 rings (SSSR count). The molecule has 0 spiro atoms. The molecular weight excluding hydrogens is 549 g/mol. The highest BCUT2D eigenvalue weighted by Gasteiger charge is 2.26. The van der Waals surface area contributed by atoms with Gasteiger partial charge in [-0.3, -0.25) is 4.79 Å². The number of halogens is 2. The second kappa shape index (κ2) is 13.0. The van der Waals surface area contributed by atoms with Gasteiger partial charge in [0.25, 0.3) is 5.91 Å². The van der Waals surface area contributed by atoms with E-state index in [2.05, 4.69) is 15.2 Å². The molecule has 0 aromatic heterocycles. The van der Waals surface area contributed by atoms with Crippen LogP contribution in [0.3, 0.4) is 0 Å². The number of esters is 1. The molecule has 1 atom stereocenters. The van der Waals surface area contributed by atoms with E-state index in [1.807, 2.05) is 20.8 Å². The molecule has 0 aliphatic rings. The van der Waals surface area contributed by atoms with Gasteiger partial charge in [0.15, 0.2) is 0 Å². The average Bonchev–Trinajstić information content (AvgIpc) is 2.86. The first-order valence-electron chi connectivity index (χ1n) is 11.6. The Balaban J connectivity index is 1.61. The van der Waals surface area contributed by atoms with Crippen molar-refractivity contribution < 1.29 is 22.7 Å². The van der Waals surface area contributed by atoms with Crippen LogP contribution in [0.25, 0.3) is 0 Å². The topological polar surface area (TPSA) is 114 Å². The van der Waals surface area contributed by atoms with Gasteiger partial charge in [-0.25, -0.2) is 18.6 Å². The van der Waals surface area contributed by atoms with Crippen molar-refractivity contribution >= 4 is 51.3 Å². The zero-order valence-corrected chi connectivity index (χ0v) is 23.3. The minimum atomic E-state index is -3.90. The maximum atomic E-state index is 12.8. The highest BCUT2D eigenvalue weighted by Crippen LogP contribution is 2.23. The van der Waals surface area contributed by atoms with Gasteiger partial charge >= 0.3 is 5.97 Å². The molecule has 0 unspecified atom stereocenters. The van der Waals surface area contributed by atoms with Gasteiger partial charge in [0, 0.05) is 0 Å². The number of carbonyl (C=O) groups is 2. The first-order valence-corrected chi connectivity index (χ1v) is 13.9. The molecule has 2 N–H and O–H groups in total. The SMILES string of the molecule is Cc1ccc(S(=O)(=O)N[C@H](CC(C)C)C(=O)N/N=C\c2ccc(OC(=O)c3ccc(Cl)c(Cl)c3)cc2)cc1. The van der Waals surface area contributed by atoms with E-state index >= 15 is 0 Å². The van der Waals surface area contributed by atoms with Gasteiger partial charge in [-0.1, -0.05) is 54.7 Å². The minimum absolute atomic E-state index is 0.0506. The normalized spacial score (nSPS) is 12.5. The van der Waals surface area contributed by atoms with Crippen molar-refractivity contribution in [2.75, 3.05) is 0 Å². The Morgan fingerprint density at radius 1 is 0.974 bits per heavy atom. The Kier molecular flexibility index (Phi) is 10.0. The lowest BCUT2D eigenvalue weighted by atomic mass is 10.0. The lowest BCUT2D eigenvalue weighted by Gasteiger charge is -2.19. The molecule has 38 heavy (non-hydrogen) atoms. The van der Waals surface area contributed by atoms with E-state index in [0.717, 1.165) is 5.56 Å². The molecule has 3 aromatic rings. The second-order valence-corrected chi connectivity index (χ2v) is 11.5. The maximum absolute atomic E-state index is 12.8. The van der Waals surface area contributed by atoms with Crippen LogP contribution < -0.4 is 14.9 Å². The number of nitrogens with zero attached hydrogens (tertiary/aromatic N) is 1. The number of hydrogen-bond donors (Lipinski definition) is 2. The van der Waals surface area contributed by atoms with Gasteiger partial charge in [0.1, 0.15) is 11.8 Å². The van der Waals surface area contributed by atoms with Crippen LogP contribution >= 0.6 is 23.2 Å². The molecule has 0 bridgehead atoms. The molecule has 3 aromatic carbocycles. The summed E-state index contributed by atoms with van der Waals surface area (Å²) in [6.07, 6.45) is 1.68. The van der Waals surface area contributed by atoms with Crippen LogP contribution in [-0.4, -0.2) is 32.6 Å². The predicted molar refractivity (Wildman–Crippen MR) is 148 cm³/mol. The molecule has 200 valence electrons. The van der Waals surface area contributed by atoms with Crippen LogP contribution in [0.1, 0.15) is 41.8 Å². The Hall–Kier alpha value is -3.24. The van der Waals surface area contributed by atoms with Crippen LogP contribution in [0.15, 0.2) is 76.7 Å². The highest BCUT2D eigenvalue weighted by atomic mass is 35.5. The quantitative estimate of drug-likeness (QED) is 0.146. The van der Waals surface area contributed by atoms with Gasteiger partial charge in [0.2, 0.25) is 10.0 Å². The molecule has 0 aliphatic heterocycles. The molecule has 8 nitrogen and oxygen atoms in total. The minimum Gasteiger partial charge on any atom is -0.423 e. The predicted octanol–water partition coefficient (Wildman–Crippen LogP) is 5.36. The molecule has 0 heterocycles. The maximum Gasteiger partial charge on any atom is 0.343 e. The van der Waals surface area contributed by atoms with E-state index in [9.17, 15) is 18.0 Å². The van der Waals surface area contributed by atoms with Crippen LogP contribution in [0, 0.1) is 12.8 Å². The number of hydrazone groups is 1. The number of hydrogen-bond acceptors (Lipinski definition) is 6. The number of ether oxygens (including phenoxy) is 1. The summed E-state index contributed by atoms with van der Waals surface area (Å²) in [5, 5.41) is 4.52. The van der Waals surface area contributed by atoms with Gasteiger partial charge in [-0.05, 0) is 79.4 Å². The third kappa shape index (κ3) is 8.39. The fourth-order valence-electron chi connectivity index (χ4n) is 3.31. The summed E-state index contributed by atoms with van der Waals surface area (Å²) in [5.41, 5.74) is 4.18. The van der Waals surface area contributed by atoms with Crippen molar-refractivity contribution in [2.45, 2.75) is 38.1 Å². The smallest absolute Gasteiger partial charge is 0.343 e. The van der Waals surface area contributed by atoms with Crippen LogP contribution in [0.5, 0.6) is 5.75 Å². The number of sulfonamides is 1. The van der Waals surface area contributed by atoms with Crippen molar-refractivity contribution in [3.05, 3.63) is 93.5 Å². The van der Waals surface area contributed by atoms with Crippen LogP contribution in [-0.2, 0) is 14.8 Å². The number of carbonyl (C=O) groups excluding carboxylic acids is 2. The van der Waals surface area contributed by atoms with Crippen LogP contribution in [0.4, 0.5) is 0 Å². The van der Waals surface area contributed by atoms with Crippen LogP contribution in [0.2, 0.25) is 10.0 Å². The summed E-state index contributed by atoms with van der Waals surface area (Å²) >= 11 is 11.8. The zero-order valence-electron chi connectivity index (χ0n) is 20.9.